The number of aromatic amines is 1. The molecule has 0 bridgehead atoms. The number of benzene rings is 2. The van der Waals surface area contributed by atoms with E-state index in [1.54, 1.807) is 29.2 Å². The number of amides is 2. The fourth-order valence-corrected chi connectivity index (χ4v) is 3.98. The second kappa shape index (κ2) is 10.2. The van der Waals surface area contributed by atoms with Gasteiger partial charge in [-0.05, 0) is 48.2 Å². The smallest absolute Gasteiger partial charge is 0.322 e. The first-order valence-electron chi connectivity index (χ1n) is 10.7. The maximum Gasteiger partial charge on any atom is 0.322 e. The topological polar surface area (TPSA) is 77.7 Å². The van der Waals surface area contributed by atoms with Gasteiger partial charge < -0.3 is 19.9 Å². The third kappa shape index (κ3) is 5.68. The molecular formula is C24H27ClN4O3. The molecule has 0 unspecified atom stereocenters. The molecule has 0 aliphatic carbocycles. The lowest BCUT2D eigenvalue weighted by Gasteiger charge is -2.30. The number of aromatic nitrogens is 1. The fourth-order valence-electron chi connectivity index (χ4n) is 3.79. The number of nitrogens with zero attached hydrogens (tertiary/aromatic N) is 2. The van der Waals surface area contributed by atoms with Crippen molar-refractivity contribution in [1.82, 2.24) is 14.8 Å². The van der Waals surface area contributed by atoms with Gasteiger partial charge in [0.15, 0.2) is 0 Å². The van der Waals surface area contributed by atoms with Crippen molar-refractivity contribution in [3.05, 3.63) is 75.0 Å². The predicted molar refractivity (Wildman–Crippen MR) is 127 cm³/mol. The molecule has 0 atom stereocenters. The fraction of sp³-hybridized carbons (Fsp3) is 0.333. The first kappa shape index (κ1) is 22.3. The van der Waals surface area contributed by atoms with Gasteiger partial charge in [0.2, 0.25) is 0 Å². The summed E-state index contributed by atoms with van der Waals surface area (Å²) in [5.41, 5.74) is 2.84. The van der Waals surface area contributed by atoms with E-state index in [0.29, 0.717) is 42.6 Å². The second-order valence-electron chi connectivity index (χ2n) is 8.03. The lowest BCUT2D eigenvalue weighted by atomic mass is 10.1. The maximum atomic E-state index is 13.1. The molecule has 0 saturated carbocycles. The van der Waals surface area contributed by atoms with E-state index in [9.17, 15) is 9.59 Å². The molecule has 7 nitrogen and oxygen atoms in total. The molecule has 0 radical (unpaired) electrons. The number of morpholine rings is 1. The minimum absolute atomic E-state index is 0.185. The van der Waals surface area contributed by atoms with Gasteiger partial charge in [0.1, 0.15) is 0 Å². The molecule has 0 spiro atoms. The summed E-state index contributed by atoms with van der Waals surface area (Å²) < 4.78 is 5.41. The van der Waals surface area contributed by atoms with E-state index in [4.69, 9.17) is 16.3 Å². The summed E-state index contributed by atoms with van der Waals surface area (Å²) in [5, 5.41) is 4.39. The van der Waals surface area contributed by atoms with E-state index in [1.165, 1.54) is 0 Å². The summed E-state index contributed by atoms with van der Waals surface area (Å²) in [6.45, 7) is 6.43. The number of carbonyl (C=O) groups excluding carboxylic acids is 1. The van der Waals surface area contributed by atoms with Crippen LogP contribution in [0.5, 0.6) is 0 Å². The Morgan fingerprint density at radius 2 is 2.00 bits per heavy atom. The van der Waals surface area contributed by atoms with Gasteiger partial charge in [-0.1, -0.05) is 29.8 Å². The summed E-state index contributed by atoms with van der Waals surface area (Å²) in [4.78, 5) is 32.8. The monoisotopic (exact) mass is 454 g/mol. The Labute approximate surface area is 191 Å². The SMILES string of the molecule is Cc1ccc2cc(CN(CCN3CCOCC3)C(=O)Nc3cccc(Cl)c3)c(=O)[nH]c2c1. The molecule has 2 amide bonds. The van der Waals surface area contributed by atoms with Crippen LogP contribution >= 0.6 is 11.6 Å². The molecule has 1 saturated heterocycles. The number of nitrogens with one attached hydrogen (secondary N) is 2. The van der Waals surface area contributed by atoms with Crippen molar-refractivity contribution in [3.63, 3.8) is 0 Å². The molecule has 1 fully saturated rings. The molecular weight excluding hydrogens is 428 g/mol. The van der Waals surface area contributed by atoms with Crippen molar-refractivity contribution in [2.45, 2.75) is 13.5 Å². The van der Waals surface area contributed by atoms with Gasteiger partial charge in [-0.25, -0.2) is 4.79 Å². The van der Waals surface area contributed by atoms with E-state index in [-0.39, 0.29) is 18.1 Å². The van der Waals surface area contributed by atoms with Gasteiger partial charge >= 0.3 is 6.03 Å². The van der Waals surface area contributed by atoms with Gasteiger partial charge in [0.25, 0.3) is 5.56 Å². The van der Waals surface area contributed by atoms with Crippen LogP contribution in [0.3, 0.4) is 0 Å². The molecule has 1 aromatic heterocycles. The van der Waals surface area contributed by atoms with Crippen LogP contribution in [0.25, 0.3) is 10.9 Å². The highest BCUT2D eigenvalue weighted by Gasteiger charge is 2.19. The predicted octanol–water partition coefficient (Wildman–Crippen LogP) is 3.86. The van der Waals surface area contributed by atoms with E-state index in [0.717, 1.165) is 29.6 Å². The number of hydrogen-bond donors (Lipinski definition) is 2. The van der Waals surface area contributed by atoms with Gasteiger partial charge in [0, 0.05) is 48.0 Å². The van der Waals surface area contributed by atoms with Crippen LogP contribution in [-0.4, -0.2) is 60.2 Å². The number of rotatable bonds is 6. The van der Waals surface area contributed by atoms with E-state index in [2.05, 4.69) is 15.2 Å². The first-order valence-corrected chi connectivity index (χ1v) is 11.1. The number of aryl methyl sites for hydroxylation is 1. The van der Waals surface area contributed by atoms with Gasteiger partial charge in [0.05, 0.1) is 19.8 Å². The highest BCUT2D eigenvalue weighted by Crippen LogP contribution is 2.17. The lowest BCUT2D eigenvalue weighted by molar-refractivity contribution is 0.0349. The van der Waals surface area contributed by atoms with Crippen LogP contribution < -0.4 is 10.9 Å². The molecule has 2 aromatic carbocycles. The largest absolute Gasteiger partial charge is 0.379 e. The summed E-state index contributed by atoms with van der Waals surface area (Å²) in [6, 6.07) is 14.5. The number of fused-ring (bicyclic) bond motifs is 1. The maximum absolute atomic E-state index is 13.1. The third-order valence-corrected chi connectivity index (χ3v) is 5.83. The minimum atomic E-state index is -0.274. The van der Waals surface area contributed by atoms with E-state index < -0.39 is 0 Å². The Bertz CT molecular complexity index is 1160. The van der Waals surface area contributed by atoms with Crippen molar-refractivity contribution < 1.29 is 9.53 Å². The average Bonchev–Trinajstić information content (AvgIpc) is 2.77. The molecule has 1 aliphatic heterocycles. The van der Waals surface area contributed by atoms with Crippen LogP contribution in [0.2, 0.25) is 5.02 Å². The number of ether oxygens (including phenoxy) is 1. The third-order valence-electron chi connectivity index (χ3n) is 5.59. The zero-order valence-corrected chi connectivity index (χ0v) is 18.8. The molecule has 168 valence electrons. The second-order valence-corrected chi connectivity index (χ2v) is 8.47. The summed E-state index contributed by atoms with van der Waals surface area (Å²) in [7, 11) is 0. The molecule has 3 aromatic rings. The average molecular weight is 455 g/mol. The highest BCUT2D eigenvalue weighted by atomic mass is 35.5. The van der Waals surface area contributed by atoms with Crippen LogP contribution in [-0.2, 0) is 11.3 Å². The van der Waals surface area contributed by atoms with Crippen molar-refractivity contribution in [2.24, 2.45) is 0 Å². The van der Waals surface area contributed by atoms with E-state index >= 15 is 0 Å². The normalized spacial score (nSPS) is 14.4. The molecule has 2 heterocycles. The summed E-state index contributed by atoms with van der Waals surface area (Å²) in [6.07, 6.45) is 0. The molecule has 4 rings (SSSR count). The Hall–Kier alpha value is -2.87. The Kier molecular flexibility index (Phi) is 7.09. The van der Waals surface area contributed by atoms with Crippen molar-refractivity contribution in [2.75, 3.05) is 44.7 Å². The number of hydrogen-bond acceptors (Lipinski definition) is 4. The standard InChI is InChI=1S/C24H27ClN4O3/c1-17-5-6-18-14-19(23(30)27-22(18)13-17)16-29(8-7-28-9-11-32-12-10-28)24(31)26-21-4-2-3-20(25)15-21/h2-6,13-15H,7-12,16H2,1H3,(H,26,31)(H,27,30). The number of H-pyrrole nitrogens is 1. The molecule has 32 heavy (non-hydrogen) atoms. The number of halogens is 1. The number of carbonyl (C=O) groups is 1. The zero-order chi connectivity index (χ0) is 22.5. The van der Waals surface area contributed by atoms with E-state index in [1.807, 2.05) is 31.2 Å². The Morgan fingerprint density at radius 1 is 1.19 bits per heavy atom. The van der Waals surface area contributed by atoms with Crippen molar-refractivity contribution >= 4 is 34.2 Å². The van der Waals surface area contributed by atoms with Gasteiger partial charge in [-0.3, -0.25) is 9.69 Å². The number of urea groups is 1. The zero-order valence-electron chi connectivity index (χ0n) is 18.1. The first-order chi connectivity index (χ1) is 15.5. The van der Waals surface area contributed by atoms with Crippen molar-refractivity contribution in [3.8, 4) is 0 Å². The number of anilines is 1. The van der Waals surface area contributed by atoms with Crippen LogP contribution in [0, 0.1) is 6.92 Å². The summed E-state index contributed by atoms with van der Waals surface area (Å²) >= 11 is 6.06. The quantitative estimate of drug-likeness (QED) is 0.593. The van der Waals surface area contributed by atoms with Crippen LogP contribution in [0.15, 0.2) is 53.3 Å². The Morgan fingerprint density at radius 3 is 2.78 bits per heavy atom. The molecule has 1 aliphatic rings. The van der Waals surface area contributed by atoms with Crippen LogP contribution in [0.1, 0.15) is 11.1 Å². The highest BCUT2D eigenvalue weighted by molar-refractivity contribution is 6.30. The molecule has 8 heteroatoms. The minimum Gasteiger partial charge on any atom is -0.379 e. The Balaban J connectivity index is 1.55. The van der Waals surface area contributed by atoms with Crippen LogP contribution in [0.4, 0.5) is 10.5 Å². The summed E-state index contributed by atoms with van der Waals surface area (Å²) in [5.74, 6) is 0. The lowest BCUT2D eigenvalue weighted by Crippen LogP contribution is -2.44. The van der Waals surface area contributed by atoms with Gasteiger partial charge in [-0.15, -0.1) is 0 Å². The van der Waals surface area contributed by atoms with Gasteiger partial charge in [-0.2, -0.15) is 0 Å². The van der Waals surface area contributed by atoms with Crippen molar-refractivity contribution in [1.29, 1.82) is 0 Å². The molecule has 2 N–H and O–H groups in total. The number of pyridine rings is 1.